The van der Waals surface area contributed by atoms with E-state index < -0.39 is 12.0 Å². The summed E-state index contributed by atoms with van der Waals surface area (Å²) in [5.74, 6) is 0.0935. The monoisotopic (exact) mass is 529 g/mol. The largest absolute Gasteiger partial charge is 0.507 e. The molecule has 1 heterocycles. The summed E-state index contributed by atoms with van der Waals surface area (Å²) in [4.78, 5) is 16.9. The SMILES string of the molecule is CCc1ccc2oc(-c3ccc(NC(=S)NC(=O)C(C)Oc4ccc(Cl)cc4Cl)cc3O)nc2c1. The van der Waals surface area contributed by atoms with Crippen LogP contribution in [0, 0.1) is 0 Å². The zero-order valence-corrected chi connectivity index (χ0v) is 21.1. The van der Waals surface area contributed by atoms with Crippen LogP contribution in [0.3, 0.4) is 0 Å². The Morgan fingerprint density at radius 3 is 2.69 bits per heavy atom. The number of ether oxygens (including phenoxy) is 1. The van der Waals surface area contributed by atoms with Crippen LogP contribution in [0.1, 0.15) is 19.4 Å². The van der Waals surface area contributed by atoms with E-state index in [1.165, 1.54) is 12.1 Å². The van der Waals surface area contributed by atoms with Crippen LogP contribution in [0.4, 0.5) is 5.69 Å². The average molecular weight is 530 g/mol. The summed E-state index contributed by atoms with van der Waals surface area (Å²) >= 11 is 17.2. The van der Waals surface area contributed by atoms with Crippen molar-refractivity contribution in [3.63, 3.8) is 0 Å². The molecule has 1 aromatic heterocycles. The van der Waals surface area contributed by atoms with Crippen LogP contribution in [0.15, 0.2) is 59.0 Å². The van der Waals surface area contributed by atoms with Crippen molar-refractivity contribution in [2.24, 2.45) is 0 Å². The van der Waals surface area contributed by atoms with Gasteiger partial charge >= 0.3 is 0 Å². The minimum Gasteiger partial charge on any atom is -0.507 e. The number of hydrogen-bond donors (Lipinski definition) is 3. The molecule has 0 radical (unpaired) electrons. The third-order valence-electron chi connectivity index (χ3n) is 5.15. The third kappa shape index (κ3) is 5.85. The van der Waals surface area contributed by atoms with E-state index in [1.54, 1.807) is 31.2 Å². The summed E-state index contributed by atoms with van der Waals surface area (Å²) in [5.41, 5.74) is 3.41. The smallest absolute Gasteiger partial charge is 0.266 e. The number of amides is 1. The summed E-state index contributed by atoms with van der Waals surface area (Å²) < 4.78 is 11.4. The number of halogens is 2. The Morgan fingerprint density at radius 2 is 1.97 bits per heavy atom. The Kier molecular flexibility index (Phi) is 7.45. The van der Waals surface area contributed by atoms with Gasteiger partial charge < -0.3 is 19.6 Å². The van der Waals surface area contributed by atoms with Gasteiger partial charge in [-0.05, 0) is 73.6 Å². The lowest BCUT2D eigenvalue weighted by atomic mass is 10.1. The zero-order valence-electron chi connectivity index (χ0n) is 18.8. The van der Waals surface area contributed by atoms with Gasteiger partial charge in [0.2, 0.25) is 5.89 Å². The highest BCUT2D eigenvalue weighted by molar-refractivity contribution is 7.80. The number of aromatic nitrogens is 1. The van der Waals surface area contributed by atoms with Crippen LogP contribution in [0.5, 0.6) is 11.5 Å². The first-order chi connectivity index (χ1) is 16.7. The molecule has 7 nitrogen and oxygen atoms in total. The molecule has 0 aliphatic heterocycles. The Hall–Kier alpha value is -3.33. The lowest BCUT2D eigenvalue weighted by Crippen LogP contribution is -2.42. The number of nitrogens with one attached hydrogen (secondary N) is 2. The predicted molar refractivity (Wildman–Crippen MR) is 141 cm³/mol. The van der Waals surface area contributed by atoms with Gasteiger partial charge in [-0.2, -0.15) is 0 Å². The van der Waals surface area contributed by atoms with Crippen molar-refractivity contribution >= 4 is 63.2 Å². The fraction of sp³-hybridized carbons (Fsp3) is 0.160. The Labute approximate surface area is 217 Å². The van der Waals surface area contributed by atoms with Gasteiger partial charge in [-0.1, -0.05) is 36.2 Å². The van der Waals surface area contributed by atoms with Crippen molar-refractivity contribution in [2.75, 3.05) is 5.32 Å². The fourth-order valence-electron chi connectivity index (χ4n) is 3.29. The summed E-state index contributed by atoms with van der Waals surface area (Å²) in [6.07, 6.45) is 0.0107. The topological polar surface area (TPSA) is 96.6 Å². The van der Waals surface area contributed by atoms with E-state index in [0.717, 1.165) is 17.5 Å². The number of phenols is 1. The Morgan fingerprint density at radius 1 is 1.17 bits per heavy atom. The van der Waals surface area contributed by atoms with E-state index in [0.29, 0.717) is 33.5 Å². The number of oxazole rings is 1. The van der Waals surface area contributed by atoms with Crippen LogP contribution >= 0.6 is 35.4 Å². The van der Waals surface area contributed by atoms with Crippen molar-refractivity contribution in [3.8, 4) is 23.0 Å². The van der Waals surface area contributed by atoms with E-state index in [9.17, 15) is 9.90 Å². The average Bonchev–Trinajstić information content (AvgIpc) is 3.23. The number of rotatable bonds is 6. The molecule has 0 fully saturated rings. The third-order valence-corrected chi connectivity index (χ3v) is 5.88. The highest BCUT2D eigenvalue weighted by Crippen LogP contribution is 2.33. The first kappa shape index (κ1) is 24.8. The number of fused-ring (bicyclic) bond motifs is 1. The molecule has 0 saturated carbocycles. The molecule has 0 aliphatic carbocycles. The minimum atomic E-state index is -0.878. The molecule has 0 spiro atoms. The number of nitrogens with zero attached hydrogens (tertiary/aromatic N) is 1. The Balaban J connectivity index is 1.40. The van der Waals surface area contributed by atoms with Crippen LogP contribution in [0.25, 0.3) is 22.6 Å². The number of aryl methyl sites for hydroxylation is 1. The molecule has 4 rings (SSSR count). The van der Waals surface area contributed by atoms with Crippen LogP contribution < -0.4 is 15.4 Å². The quantitative estimate of drug-likeness (QED) is 0.250. The van der Waals surface area contributed by atoms with Gasteiger partial charge in [-0.15, -0.1) is 0 Å². The molecule has 0 bridgehead atoms. The van der Waals surface area contributed by atoms with Gasteiger partial charge in [0, 0.05) is 16.8 Å². The zero-order chi connectivity index (χ0) is 25.1. The first-order valence-electron chi connectivity index (χ1n) is 10.7. The molecular weight excluding hydrogens is 509 g/mol. The highest BCUT2D eigenvalue weighted by atomic mass is 35.5. The van der Waals surface area contributed by atoms with E-state index >= 15 is 0 Å². The predicted octanol–water partition coefficient (Wildman–Crippen LogP) is 6.35. The molecule has 4 aromatic rings. The number of carbonyl (C=O) groups excluding carboxylic acids is 1. The van der Waals surface area contributed by atoms with E-state index in [-0.39, 0.29) is 15.9 Å². The maximum absolute atomic E-state index is 12.5. The molecular formula is C25H21Cl2N3O4S. The maximum Gasteiger partial charge on any atom is 0.266 e. The van der Waals surface area contributed by atoms with E-state index in [2.05, 4.69) is 22.5 Å². The molecule has 0 saturated heterocycles. The maximum atomic E-state index is 12.5. The minimum absolute atomic E-state index is 0.0359. The molecule has 3 N–H and O–H groups in total. The summed E-state index contributed by atoms with van der Waals surface area (Å²) in [5, 5.41) is 16.7. The van der Waals surface area contributed by atoms with Gasteiger partial charge in [-0.25, -0.2) is 4.98 Å². The van der Waals surface area contributed by atoms with Crippen molar-refractivity contribution in [1.29, 1.82) is 0 Å². The number of anilines is 1. The first-order valence-corrected chi connectivity index (χ1v) is 11.9. The number of thiocarbonyl (C=S) groups is 1. The molecule has 35 heavy (non-hydrogen) atoms. The summed E-state index contributed by atoms with van der Waals surface area (Å²) in [6, 6.07) is 15.3. The van der Waals surface area contributed by atoms with E-state index in [1.807, 2.05) is 18.2 Å². The van der Waals surface area contributed by atoms with Crippen molar-refractivity contribution in [3.05, 3.63) is 70.2 Å². The summed E-state index contributed by atoms with van der Waals surface area (Å²) in [7, 11) is 0. The second-order valence-corrected chi connectivity index (χ2v) is 8.94. The van der Waals surface area contributed by atoms with Crippen LogP contribution in [-0.2, 0) is 11.2 Å². The van der Waals surface area contributed by atoms with Gasteiger partial charge in [0.15, 0.2) is 16.8 Å². The fourth-order valence-corrected chi connectivity index (χ4v) is 3.96. The molecule has 1 atom stereocenters. The van der Waals surface area contributed by atoms with Crippen LogP contribution in [-0.4, -0.2) is 27.2 Å². The van der Waals surface area contributed by atoms with Crippen molar-refractivity contribution < 1.29 is 19.1 Å². The highest BCUT2D eigenvalue weighted by Gasteiger charge is 2.18. The molecule has 10 heteroatoms. The number of benzene rings is 3. The van der Waals surface area contributed by atoms with Gasteiger partial charge in [0.05, 0.1) is 10.6 Å². The van der Waals surface area contributed by atoms with Gasteiger partial charge in [-0.3, -0.25) is 10.1 Å². The molecule has 1 unspecified atom stereocenters. The van der Waals surface area contributed by atoms with Crippen LogP contribution in [0.2, 0.25) is 10.0 Å². The molecule has 180 valence electrons. The number of phenolic OH excluding ortho intramolecular Hbond substituents is 1. The van der Waals surface area contributed by atoms with Crippen molar-refractivity contribution in [2.45, 2.75) is 26.4 Å². The lowest BCUT2D eigenvalue weighted by molar-refractivity contribution is -0.125. The molecule has 3 aromatic carbocycles. The number of aromatic hydroxyl groups is 1. The number of hydrogen-bond acceptors (Lipinski definition) is 6. The molecule has 0 aliphatic rings. The normalized spacial score (nSPS) is 11.8. The summed E-state index contributed by atoms with van der Waals surface area (Å²) in [6.45, 7) is 3.63. The number of carbonyl (C=O) groups is 1. The van der Waals surface area contributed by atoms with Gasteiger partial charge in [0.25, 0.3) is 5.91 Å². The second-order valence-electron chi connectivity index (χ2n) is 7.68. The second kappa shape index (κ2) is 10.5. The standard InChI is InChI=1S/C25H21Cl2N3O4S/c1-3-14-4-8-22-19(10-14)29-24(34-22)17-7-6-16(12-20(17)31)28-25(35)30-23(32)13(2)33-21-9-5-15(26)11-18(21)27/h4-13,31H,3H2,1-2H3,(H2,28,30,32,35). The lowest BCUT2D eigenvalue weighted by Gasteiger charge is -2.17. The van der Waals surface area contributed by atoms with E-state index in [4.69, 9.17) is 44.6 Å². The van der Waals surface area contributed by atoms with Gasteiger partial charge in [0.1, 0.15) is 17.0 Å². The Bertz CT molecular complexity index is 1420. The van der Waals surface area contributed by atoms with Crippen molar-refractivity contribution in [1.82, 2.24) is 10.3 Å². The molecule has 1 amide bonds.